The number of rotatable bonds is 1. The molecule has 0 aliphatic heterocycles. The number of anilines is 1. The van der Waals surface area contributed by atoms with Crippen molar-refractivity contribution in [3.63, 3.8) is 0 Å². The molecule has 0 heterocycles. The highest BCUT2D eigenvalue weighted by atomic mass is 14.6. The third-order valence-electron chi connectivity index (χ3n) is 3.61. The van der Waals surface area contributed by atoms with E-state index in [0.29, 0.717) is 12.5 Å². The summed E-state index contributed by atoms with van der Waals surface area (Å²) in [6.45, 7) is 7.40. The van der Waals surface area contributed by atoms with Crippen molar-refractivity contribution in [1.29, 1.82) is 0 Å². The Labute approximate surface area is 91.7 Å². The molecule has 0 amide bonds. The van der Waals surface area contributed by atoms with Crippen LogP contribution in [-0.2, 0) is 12.0 Å². The Kier molecular flexibility index (Phi) is 2.27. The van der Waals surface area contributed by atoms with Crippen LogP contribution >= 0.6 is 0 Å². The molecule has 0 spiro atoms. The minimum absolute atomic E-state index is 0.221. The number of benzene rings is 1. The summed E-state index contributed by atoms with van der Waals surface area (Å²) in [5.74, 6) is 0.626. The van der Waals surface area contributed by atoms with E-state index in [1.165, 1.54) is 17.5 Å². The topological polar surface area (TPSA) is 52.0 Å². The quantitative estimate of drug-likeness (QED) is 0.691. The molecule has 0 bridgehead atoms. The Balaban J connectivity index is 2.70. The SMILES string of the molecule is C[C@H]1CC(C)(C)c2c1ccc(N)c2CN. The molecule has 0 fully saturated rings. The molecule has 15 heavy (non-hydrogen) atoms. The van der Waals surface area contributed by atoms with Crippen LogP contribution in [0.2, 0.25) is 0 Å². The molecule has 2 rings (SSSR count). The largest absolute Gasteiger partial charge is 0.398 e. The average Bonchev–Trinajstić information content (AvgIpc) is 2.37. The molecule has 82 valence electrons. The zero-order valence-electron chi connectivity index (χ0n) is 9.80. The van der Waals surface area contributed by atoms with E-state index in [0.717, 1.165) is 11.3 Å². The van der Waals surface area contributed by atoms with Gasteiger partial charge in [-0.15, -0.1) is 0 Å². The second kappa shape index (κ2) is 3.24. The van der Waals surface area contributed by atoms with Crippen molar-refractivity contribution in [3.05, 3.63) is 28.8 Å². The monoisotopic (exact) mass is 204 g/mol. The molecule has 1 aromatic carbocycles. The molecule has 1 atom stereocenters. The van der Waals surface area contributed by atoms with Crippen molar-refractivity contribution in [1.82, 2.24) is 0 Å². The van der Waals surface area contributed by atoms with E-state index in [4.69, 9.17) is 11.5 Å². The highest BCUT2D eigenvalue weighted by molar-refractivity contribution is 5.59. The molecule has 1 aliphatic rings. The van der Waals surface area contributed by atoms with Crippen molar-refractivity contribution in [3.8, 4) is 0 Å². The van der Waals surface area contributed by atoms with Crippen molar-refractivity contribution in [2.45, 2.75) is 45.1 Å². The Morgan fingerprint density at radius 2 is 2.07 bits per heavy atom. The number of hydrogen-bond acceptors (Lipinski definition) is 2. The van der Waals surface area contributed by atoms with E-state index in [9.17, 15) is 0 Å². The Morgan fingerprint density at radius 3 is 2.67 bits per heavy atom. The van der Waals surface area contributed by atoms with Crippen LogP contribution in [0.4, 0.5) is 5.69 Å². The zero-order chi connectivity index (χ0) is 11.2. The molecule has 2 nitrogen and oxygen atoms in total. The summed E-state index contributed by atoms with van der Waals surface area (Å²) in [5.41, 5.74) is 16.9. The van der Waals surface area contributed by atoms with Crippen LogP contribution in [0.1, 0.15) is 49.8 Å². The maximum Gasteiger partial charge on any atom is 0.0362 e. The first-order chi connectivity index (χ1) is 6.97. The van der Waals surface area contributed by atoms with Crippen LogP contribution in [0.15, 0.2) is 12.1 Å². The van der Waals surface area contributed by atoms with Gasteiger partial charge in [-0.25, -0.2) is 0 Å². The smallest absolute Gasteiger partial charge is 0.0362 e. The Bertz CT molecular complexity index is 394. The lowest BCUT2D eigenvalue weighted by molar-refractivity contribution is 0.486. The van der Waals surface area contributed by atoms with E-state index in [2.05, 4.69) is 26.8 Å². The van der Waals surface area contributed by atoms with Crippen molar-refractivity contribution in [2.24, 2.45) is 5.73 Å². The van der Waals surface area contributed by atoms with Gasteiger partial charge in [-0.05, 0) is 40.5 Å². The lowest BCUT2D eigenvalue weighted by atomic mass is 9.83. The van der Waals surface area contributed by atoms with Gasteiger partial charge in [0.25, 0.3) is 0 Å². The predicted molar refractivity (Wildman–Crippen MR) is 64.8 cm³/mol. The van der Waals surface area contributed by atoms with E-state index in [1.807, 2.05) is 6.07 Å². The molecule has 0 unspecified atom stereocenters. The van der Waals surface area contributed by atoms with Gasteiger partial charge in [0, 0.05) is 12.2 Å². The lowest BCUT2D eigenvalue weighted by Crippen LogP contribution is -2.17. The van der Waals surface area contributed by atoms with Crippen molar-refractivity contribution in [2.75, 3.05) is 5.73 Å². The normalized spacial score (nSPS) is 22.8. The molecule has 0 aromatic heterocycles. The highest BCUT2D eigenvalue weighted by Gasteiger charge is 2.36. The molecule has 0 radical (unpaired) electrons. The summed E-state index contributed by atoms with van der Waals surface area (Å²) in [4.78, 5) is 0. The van der Waals surface area contributed by atoms with E-state index in [1.54, 1.807) is 0 Å². The fraction of sp³-hybridized carbons (Fsp3) is 0.538. The van der Waals surface area contributed by atoms with E-state index < -0.39 is 0 Å². The number of hydrogen-bond donors (Lipinski definition) is 2. The van der Waals surface area contributed by atoms with E-state index in [-0.39, 0.29) is 5.41 Å². The van der Waals surface area contributed by atoms with E-state index >= 15 is 0 Å². The first kappa shape index (κ1) is 10.5. The van der Waals surface area contributed by atoms with Crippen LogP contribution in [-0.4, -0.2) is 0 Å². The van der Waals surface area contributed by atoms with Crippen molar-refractivity contribution < 1.29 is 0 Å². The van der Waals surface area contributed by atoms with Crippen LogP contribution in [0.5, 0.6) is 0 Å². The van der Waals surface area contributed by atoms with Crippen LogP contribution in [0.3, 0.4) is 0 Å². The molecular weight excluding hydrogens is 184 g/mol. The highest BCUT2D eigenvalue weighted by Crippen LogP contribution is 2.48. The third-order valence-corrected chi connectivity index (χ3v) is 3.61. The summed E-state index contributed by atoms with van der Waals surface area (Å²) in [6, 6.07) is 4.17. The first-order valence-corrected chi connectivity index (χ1v) is 5.59. The molecule has 0 saturated carbocycles. The summed E-state index contributed by atoms with van der Waals surface area (Å²) in [6.07, 6.45) is 1.19. The lowest BCUT2D eigenvalue weighted by Gasteiger charge is -2.23. The second-order valence-electron chi connectivity index (χ2n) is 5.29. The Hall–Kier alpha value is -1.02. The Morgan fingerprint density at radius 1 is 1.40 bits per heavy atom. The standard InChI is InChI=1S/C13H20N2/c1-8-6-13(2,3)12-9(8)4-5-11(15)10(12)7-14/h4-5,8H,6-7,14-15H2,1-3H3/t8-/m0/s1. The summed E-state index contributed by atoms with van der Waals surface area (Å²) in [7, 11) is 0. The molecular formula is C13H20N2. The van der Waals surface area contributed by atoms with Crippen LogP contribution < -0.4 is 11.5 Å². The second-order valence-corrected chi connectivity index (χ2v) is 5.29. The van der Waals surface area contributed by atoms with Gasteiger partial charge >= 0.3 is 0 Å². The fourth-order valence-electron chi connectivity index (χ4n) is 3.09. The summed E-state index contributed by atoms with van der Waals surface area (Å²) >= 11 is 0. The first-order valence-electron chi connectivity index (χ1n) is 5.59. The minimum Gasteiger partial charge on any atom is -0.398 e. The minimum atomic E-state index is 0.221. The number of nitrogen functional groups attached to an aromatic ring is 1. The van der Waals surface area contributed by atoms with Gasteiger partial charge in [0.2, 0.25) is 0 Å². The van der Waals surface area contributed by atoms with Crippen LogP contribution in [0, 0.1) is 0 Å². The third kappa shape index (κ3) is 1.44. The summed E-state index contributed by atoms with van der Waals surface area (Å²) < 4.78 is 0. The molecule has 1 aromatic rings. The number of nitrogens with two attached hydrogens (primary N) is 2. The zero-order valence-corrected chi connectivity index (χ0v) is 9.80. The fourth-order valence-corrected chi connectivity index (χ4v) is 3.09. The average molecular weight is 204 g/mol. The van der Waals surface area contributed by atoms with Crippen molar-refractivity contribution >= 4 is 5.69 Å². The maximum absolute atomic E-state index is 5.99. The summed E-state index contributed by atoms with van der Waals surface area (Å²) in [5, 5.41) is 0. The maximum atomic E-state index is 5.99. The van der Waals surface area contributed by atoms with Gasteiger partial charge < -0.3 is 11.5 Å². The number of fused-ring (bicyclic) bond motifs is 1. The molecule has 2 heteroatoms. The van der Waals surface area contributed by atoms with Gasteiger partial charge in [0.1, 0.15) is 0 Å². The van der Waals surface area contributed by atoms with Gasteiger partial charge in [-0.2, -0.15) is 0 Å². The van der Waals surface area contributed by atoms with Gasteiger partial charge in [-0.3, -0.25) is 0 Å². The van der Waals surface area contributed by atoms with Crippen LogP contribution in [0.25, 0.3) is 0 Å². The van der Waals surface area contributed by atoms with Gasteiger partial charge in [0.05, 0.1) is 0 Å². The molecule has 1 aliphatic carbocycles. The predicted octanol–water partition coefficient (Wildman–Crippen LogP) is 2.51. The van der Waals surface area contributed by atoms with Gasteiger partial charge in [0.15, 0.2) is 0 Å². The molecule has 0 saturated heterocycles. The molecule has 4 N–H and O–H groups in total. The van der Waals surface area contributed by atoms with Gasteiger partial charge in [-0.1, -0.05) is 26.8 Å².